The Morgan fingerprint density at radius 1 is 0.944 bits per heavy atom. The molecule has 2 saturated heterocycles. The van der Waals surface area contributed by atoms with Gasteiger partial charge >= 0.3 is 5.92 Å². The third-order valence-electron chi connectivity index (χ3n) is 7.44. The standard InChI is InChI=1S/C27H31ClF3N3O2/c1-32(2)25(35)23-7-6-22(17-24(23)28)33-12-8-18(9-13-33)19-10-14-34(15-11-19)26(36)27(30,31)20-4-3-5-21(29)16-20/h3-7,16-19H,8-15H2,1-2H3. The molecule has 0 bridgehead atoms. The van der Waals surface area contributed by atoms with Crippen molar-refractivity contribution >= 4 is 29.1 Å². The summed E-state index contributed by atoms with van der Waals surface area (Å²) in [6, 6.07) is 9.60. The molecule has 2 aliphatic heterocycles. The maximum absolute atomic E-state index is 14.7. The van der Waals surface area contributed by atoms with Crippen molar-refractivity contribution in [3.8, 4) is 0 Å². The second-order valence-corrected chi connectivity index (χ2v) is 10.3. The molecule has 0 unspecified atom stereocenters. The van der Waals surface area contributed by atoms with Gasteiger partial charge in [0.1, 0.15) is 5.82 Å². The van der Waals surface area contributed by atoms with Gasteiger partial charge in [-0.3, -0.25) is 9.59 Å². The van der Waals surface area contributed by atoms with Gasteiger partial charge in [-0.25, -0.2) is 4.39 Å². The number of amides is 2. The molecular formula is C27H31ClF3N3O2. The smallest absolute Gasteiger partial charge is 0.350 e. The maximum Gasteiger partial charge on any atom is 0.350 e. The Morgan fingerprint density at radius 3 is 2.11 bits per heavy atom. The van der Waals surface area contributed by atoms with Crippen LogP contribution in [0.5, 0.6) is 0 Å². The van der Waals surface area contributed by atoms with E-state index in [0.717, 1.165) is 49.8 Å². The van der Waals surface area contributed by atoms with E-state index in [2.05, 4.69) is 4.90 Å². The van der Waals surface area contributed by atoms with Crippen molar-refractivity contribution in [3.63, 3.8) is 0 Å². The number of benzene rings is 2. The van der Waals surface area contributed by atoms with Gasteiger partial charge in [0.15, 0.2) is 0 Å². The molecule has 0 N–H and O–H groups in total. The molecule has 5 nitrogen and oxygen atoms in total. The van der Waals surface area contributed by atoms with Gasteiger partial charge < -0.3 is 14.7 Å². The van der Waals surface area contributed by atoms with Gasteiger partial charge in [-0.05, 0) is 67.9 Å². The first kappa shape index (κ1) is 26.3. The number of hydrogen-bond acceptors (Lipinski definition) is 3. The zero-order valence-corrected chi connectivity index (χ0v) is 21.3. The number of rotatable bonds is 5. The predicted molar refractivity (Wildman–Crippen MR) is 134 cm³/mol. The van der Waals surface area contributed by atoms with E-state index < -0.39 is 23.2 Å². The molecule has 0 saturated carbocycles. The van der Waals surface area contributed by atoms with Gasteiger partial charge in [0.2, 0.25) is 0 Å². The minimum absolute atomic E-state index is 0.135. The van der Waals surface area contributed by atoms with E-state index in [-0.39, 0.29) is 19.0 Å². The van der Waals surface area contributed by atoms with Crippen LogP contribution in [-0.2, 0) is 10.7 Å². The predicted octanol–water partition coefficient (Wildman–Crippen LogP) is 5.43. The third kappa shape index (κ3) is 5.48. The van der Waals surface area contributed by atoms with Crippen LogP contribution in [0.3, 0.4) is 0 Å². The Hall–Kier alpha value is -2.74. The van der Waals surface area contributed by atoms with Crippen LogP contribution >= 0.6 is 11.6 Å². The summed E-state index contributed by atoms with van der Waals surface area (Å²) in [6.45, 7) is 2.26. The number of likely N-dealkylation sites (tertiary alicyclic amines) is 1. The lowest BCUT2D eigenvalue weighted by atomic mass is 9.78. The zero-order valence-electron chi connectivity index (χ0n) is 20.5. The maximum atomic E-state index is 14.7. The Bertz CT molecular complexity index is 1110. The second kappa shape index (κ2) is 10.7. The van der Waals surface area contributed by atoms with Crippen LogP contribution in [0.2, 0.25) is 5.02 Å². The van der Waals surface area contributed by atoms with Crippen molar-refractivity contribution in [2.75, 3.05) is 45.2 Å². The average Bonchev–Trinajstić information content (AvgIpc) is 2.88. The van der Waals surface area contributed by atoms with Crippen molar-refractivity contribution in [2.24, 2.45) is 11.8 Å². The summed E-state index contributed by atoms with van der Waals surface area (Å²) in [7, 11) is 3.38. The lowest BCUT2D eigenvalue weighted by Crippen LogP contribution is -2.47. The molecule has 36 heavy (non-hydrogen) atoms. The zero-order chi connectivity index (χ0) is 26.0. The Labute approximate surface area is 214 Å². The fourth-order valence-electron chi connectivity index (χ4n) is 5.32. The lowest BCUT2D eigenvalue weighted by molar-refractivity contribution is -0.160. The summed E-state index contributed by atoms with van der Waals surface area (Å²) >= 11 is 6.38. The lowest BCUT2D eigenvalue weighted by Gasteiger charge is -2.41. The monoisotopic (exact) mass is 521 g/mol. The molecule has 2 aliphatic rings. The van der Waals surface area contributed by atoms with E-state index in [9.17, 15) is 22.8 Å². The quantitative estimate of drug-likeness (QED) is 0.527. The van der Waals surface area contributed by atoms with Crippen LogP contribution in [0, 0.1) is 17.7 Å². The molecular weight excluding hydrogens is 491 g/mol. The Balaban J connectivity index is 1.30. The molecule has 9 heteroatoms. The molecule has 0 aliphatic carbocycles. The molecule has 194 valence electrons. The van der Waals surface area contributed by atoms with Crippen molar-refractivity contribution in [3.05, 3.63) is 64.4 Å². The van der Waals surface area contributed by atoms with E-state index in [1.807, 2.05) is 12.1 Å². The average molecular weight is 522 g/mol. The number of halogens is 4. The highest BCUT2D eigenvalue weighted by Gasteiger charge is 2.45. The first-order chi connectivity index (χ1) is 17.1. The van der Waals surface area contributed by atoms with Crippen LogP contribution in [0.4, 0.5) is 18.9 Å². The molecule has 0 radical (unpaired) electrons. The summed E-state index contributed by atoms with van der Waals surface area (Å²) in [5.41, 5.74) is 0.847. The van der Waals surface area contributed by atoms with Crippen LogP contribution in [0.25, 0.3) is 0 Å². The molecule has 2 aromatic rings. The number of nitrogens with zero attached hydrogens (tertiary/aromatic N) is 3. The van der Waals surface area contributed by atoms with Gasteiger partial charge in [0.25, 0.3) is 11.8 Å². The van der Waals surface area contributed by atoms with Crippen molar-refractivity contribution in [1.29, 1.82) is 0 Å². The van der Waals surface area contributed by atoms with E-state index in [1.165, 1.54) is 15.9 Å². The third-order valence-corrected chi connectivity index (χ3v) is 7.76. The minimum atomic E-state index is -3.74. The van der Waals surface area contributed by atoms with Crippen LogP contribution in [0.15, 0.2) is 42.5 Å². The highest BCUT2D eigenvalue weighted by molar-refractivity contribution is 6.34. The van der Waals surface area contributed by atoms with Crippen LogP contribution in [-0.4, -0.2) is 61.9 Å². The van der Waals surface area contributed by atoms with Gasteiger partial charge in [0.05, 0.1) is 10.6 Å². The summed E-state index contributed by atoms with van der Waals surface area (Å²) in [4.78, 5) is 29.7. The molecule has 4 rings (SSSR count). The molecule has 0 spiro atoms. The number of carbonyl (C=O) groups is 2. The van der Waals surface area contributed by atoms with E-state index in [4.69, 9.17) is 11.6 Å². The topological polar surface area (TPSA) is 43.9 Å². The molecule has 2 amide bonds. The summed E-state index contributed by atoms with van der Waals surface area (Å²) in [6.07, 6.45) is 3.30. The molecule has 0 atom stereocenters. The highest BCUT2D eigenvalue weighted by atomic mass is 35.5. The van der Waals surface area contributed by atoms with Crippen molar-refractivity contribution < 1.29 is 22.8 Å². The number of hydrogen-bond donors (Lipinski definition) is 0. The molecule has 0 aromatic heterocycles. The van der Waals surface area contributed by atoms with Gasteiger partial charge in [0, 0.05) is 51.5 Å². The Kier molecular flexibility index (Phi) is 7.83. The minimum Gasteiger partial charge on any atom is -0.371 e. The van der Waals surface area contributed by atoms with Gasteiger partial charge in [-0.15, -0.1) is 0 Å². The second-order valence-electron chi connectivity index (χ2n) is 9.90. The SMILES string of the molecule is CN(C)C(=O)c1ccc(N2CCC(C3CCN(C(=O)C(F)(F)c4cccc(F)c4)CC3)CC2)cc1Cl. The Morgan fingerprint density at radius 2 is 1.56 bits per heavy atom. The van der Waals surface area contributed by atoms with Crippen LogP contribution < -0.4 is 4.90 Å². The highest BCUT2D eigenvalue weighted by Crippen LogP contribution is 2.37. The van der Waals surface area contributed by atoms with Crippen molar-refractivity contribution in [1.82, 2.24) is 9.80 Å². The normalized spacial score (nSPS) is 17.8. The first-order valence-electron chi connectivity index (χ1n) is 12.3. The number of alkyl halides is 2. The van der Waals surface area contributed by atoms with E-state index in [0.29, 0.717) is 35.3 Å². The summed E-state index contributed by atoms with van der Waals surface area (Å²) in [5, 5.41) is 0.431. The summed E-state index contributed by atoms with van der Waals surface area (Å²) < 4.78 is 42.8. The van der Waals surface area contributed by atoms with Crippen molar-refractivity contribution in [2.45, 2.75) is 31.6 Å². The fraction of sp³-hybridized carbons (Fsp3) is 0.481. The number of piperidine rings is 2. The van der Waals surface area contributed by atoms with Gasteiger partial charge in [-0.1, -0.05) is 23.7 Å². The molecule has 2 fully saturated rings. The van der Waals surface area contributed by atoms with Gasteiger partial charge in [-0.2, -0.15) is 8.78 Å². The van der Waals surface area contributed by atoms with E-state index >= 15 is 0 Å². The number of anilines is 1. The van der Waals surface area contributed by atoms with E-state index in [1.54, 1.807) is 20.2 Å². The van der Waals surface area contributed by atoms with Crippen LogP contribution in [0.1, 0.15) is 41.6 Å². The molecule has 2 aromatic carbocycles. The largest absolute Gasteiger partial charge is 0.371 e. The molecule has 2 heterocycles. The number of carbonyl (C=O) groups excluding carboxylic acids is 2. The fourth-order valence-corrected chi connectivity index (χ4v) is 5.58. The summed E-state index contributed by atoms with van der Waals surface area (Å²) in [5.74, 6) is -5.08. The first-order valence-corrected chi connectivity index (χ1v) is 12.6.